The SMILES string of the molecule is CC(C)N1CCN[C@@H](C(=O)N2CCN(c3nc4ccc(Cl)cc4[nH]3)CC2)C1.CC(C)N1CCN[C@@H](C(=O)N2CCN(c3nc4ccccc4[nH]3)CC2)C1. The van der Waals surface area contributed by atoms with Gasteiger partial charge in [0.15, 0.2) is 0 Å². The number of aromatic nitrogens is 4. The number of nitrogens with zero attached hydrogens (tertiary/aromatic N) is 8. The molecule has 0 saturated carbocycles. The van der Waals surface area contributed by atoms with E-state index in [-0.39, 0.29) is 23.9 Å². The first-order chi connectivity index (χ1) is 25.6. The van der Waals surface area contributed by atoms with Crippen LogP contribution in [0, 0.1) is 0 Å². The standard InChI is InChI=1S/C19H27ClN6O.C19H28N6O/c1-13(2)26-6-5-21-17(12-26)18(27)24-7-9-25(10-8-24)19-22-15-4-3-14(20)11-16(15)23-19;1-14(2)25-8-7-20-17(13-25)18(26)23-9-11-24(12-10-23)19-21-15-5-3-4-6-16(15)22-19/h3-4,11,13,17,21H,5-10,12H2,1-2H3,(H,22,23);3-6,14,17,20H,7-13H2,1-2H3,(H,21,22)/t2*17-/m11/s1. The Labute approximate surface area is 317 Å². The zero-order chi connectivity index (χ0) is 37.1. The molecular formula is C38H55ClN12O2. The number of hydrogen-bond acceptors (Lipinski definition) is 10. The van der Waals surface area contributed by atoms with Crippen molar-refractivity contribution in [1.29, 1.82) is 0 Å². The van der Waals surface area contributed by atoms with Crippen LogP contribution in [0.1, 0.15) is 27.7 Å². The Morgan fingerprint density at radius 1 is 0.642 bits per heavy atom. The van der Waals surface area contributed by atoms with Crippen molar-refractivity contribution in [2.45, 2.75) is 51.9 Å². The number of fused-ring (bicyclic) bond motifs is 2. The largest absolute Gasteiger partial charge is 0.339 e. The molecule has 0 aliphatic carbocycles. The van der Waals surface area contributed by atoms with Crippen LogP contribution in [0.3, 0.4) is 0 Å². The van der Waals surface area contributed by atoms with E-state index < -0.39 is 0 Å². The van der Waals surface area contributed by atoms with Gasteiger partial charge in [0.2, 0.25) is 23.7 Å². The van der Waals surface area contributed by atoms with Gasteiger partial charge in [0.25, 0.3) is 0 Å². The fourth-order valence-corrected chi connectivity index (χ4v) is 7.91. The van der Waals surface area contributed by atoms with Crippen molar-refractivity contribution in [2.75, 3.05) is 101 Å². The Hall–Kier alpha value is -3.95. The summed E-state index contributed by atoms with van der Waals surface area (Å²) in [5, 5.41) is 7.48. The number of para-hydroxylation sites is 2. The van der Waals surface area contributed by atoms with E-state index in [1.807, 2.05) is 52.3 Å². The van der Waals surface area contributed by atoms with Gasteiger partial charge in [0.1, 0.15) is 0 Å². The first-order valence-corrected chi connectivity index (χ1v) is 19.6. The number of carbonyl (C=O) groups excluding carboxylic acids is 2. The van der Waals surface area contributed by atoms with E-state index in [1.54, 1.807) is 0 Å². The Morgan fingerprint density at radius 2 is 1.11 bits per heavy atom. The van der Waals surface area contributed by atoms with Gasteiger partial charge >= 0.3 is 0 Å². The molecule has 2 amide bonds. The van der Waals surface area contributed by atoms with Gasteiger partial charge in [-0.3, -0.25) is 19.4 Å². The normalized spacial score (nSPS) is 22.2. The van der Waals surface area contributed by atoms with Crippen LogP contribution in [0.25, 0.3) is 22.1 Å². The number of piperazine rings is 4. The quantitative estimate of drug-likeness (QED) is 0.233. The molecular weight excluding hydrogens is 692 g/mol. The molecule has 0 radical (unpaired) electrons. The van der Waals surface area contributed by atoms with E-state index in [0.29, 0.717) is 17.1 Å². The molecule has 2 aromatic carbocycles. The van der Waals surface area contributed by atoms with Crippen LogP contribution in [0.2, 0.25) is 5.02 Å². The third-order valence-corrected chi connectivity index (χ3v) is 11.3. The molecule has 6 heterocycles. The number of anilines is 2. The van der Waals surface area contributed by atoms with Gasteiger partial charge in [-0.15, -0.1) is 0 Å². The highest BCUT2D eigenvalue weighted by atomic mass is 35.5. The minimum atomic E-state index is -0.0963. The predicted octanol–water partition coefficient (Wildman–Crippen LogP) is 2.44. The second kappa shape index (κ2) is 16.6. The number of nitrogens with one attached hydrogen (secondary N) is 4. The molecule has 0 spiro atoms. The Kier molecular flexibility index (Phi) is 11.7. The van der Waals surface area contributed by atoms with Crippen LogP contribution in [0.4, 0.5) is 11.9 Å². The summed E-state index contributed by atoms with van der Waals surface area (Å²) in [6.45, 7) is 20.2. The second-order valence-corrected chi connectivity index (χ2v) is 15.6. The molecule has 4 aromatic rings. The summed E-state index contributed by atoms with van der Waals surface area (Å²) >= 11 is 6.06. The molecule has 14 nitrogen and oxygen atoms in total. The highest BCUT2D eigenvalue weighted by Gasteiger charge is 2.33. The van der Waals surface area contributed by atoms with E-state index in [2.05, 4.69) is 77.9 Å². The molecule has 286 valence electrons. The summed E-state index contributed by atoms with van der Waals surface area (Å²) in [5.74, 6) is 2.21. The fraction of sp³-hybridized carbons (Fsp3) is 0.579. The number of aromatic amines is 2. The maximum absolute atomic E-state index is 12.9. The number of rotatable bonds is 6. The van der Waals surface area contributed by atoms with Crippen molar-refractivity contribution in [1.82, 2.24) is 50.2 Å². The summed E-state index contributed by atoms with van der Waals surface area (Å²) in [6, 6.07) is 14.5. The van der Waals surface area contributed by atoms with Gasteiger partial charge in [0.05, 0.1) is 34.2 Å². The fourth-order valence-electron chi connectivity index (χ4n) is 7.74. The summed E-state index contributed by atoms with van der Waals surface area (Å²) < 4.78 is 0. The maximum atomic E-state index is 12.9. The minimum Gasteiger partial charge on any atom is -0.339 e. The number of amides is 2. The molecule has 15 heteroatoms. The van der Waals surface area contributed by atoms with Crippen molar-refractivity contribution in [3.05, 3.63) is 47.5 Å². The van der Waals surface area contributed by atoms with Crippen molar-refractivity contribution < 1.29 is 9.59 Å². The molecule has 8 rings (SSSR count). The van der Waals surface area contributed by atoms with E-state index in [1.165, 1.54) is 0 Å². The van der Waals surface area contributed by atoms with Gasteiger partial charge in [-0.2, -0.15) is 0 Å². The van der Waals surface area contributed by atoms with Crippen molar-refractivity contribution in [2.24, 2.45) is 0 Å². The van der Waals surface area contributed by atoms with E-state index in [0.717, 1.165) is 126 Å². The molecule has 4 saturated heterocycles. The lowest BCUT2D eigenvalue weighted by atomic mass is 10.1. The van der Waals surface area contributed by atoms with Crippen LogP contribution < -0.4 is 20.4 Å². The van der Waals surface area contributed by atoms with Gasteiger partial charge in [0, 0.05) is 109 Å². The first-order valence-electron chi connectivity index (χ1n) is 19.3. The zero-order valence-electron chi connectivity index (χ0n) is 31.5. The summed E-state index contributed by atoms with van der Waals surface area (Å²) in [5.41, 5.74) is 3.90. The van der Waals surface area contributed by atoms with Crippen LogP contribution in [-0.2, 0) is 9.59 Å². The third-order valence-electron chi connectivity index (χ3n) is 11.1. The second-order valence-electron chi connectivity index (χ2n) is 15.1. The lowest BCUT2D eigenvalue weighted by Gasteiger charge is -2.40. The smallest absolute Gasteiger partial charge is 0.241 e. The van der Waals surface area contributed by atoms with E-state index >= 15 is 0 Å². The van der Waals surface area contributed by atoms with E-state index in [4.69, 9.17) is 11.6 Å². The molecule has 2 aromatic heterocycles. The minimum absolute atomic E-state index is 0.0797. The lowest BCUT2D eigenvalue weighted by Crippen LogP contribution is -2.61. The third kappa shape index (κ3) is 8.73. The highest BCUT2D eigenvalue weighted by molar-refractivity contribution is 6.31. The van der Waals surface area contributed by atoms with Gasteiger partial charge in [-0.05, 0) is 58.0 Å². The average molecular weight is 747 g/mol. The van der Waals surface area contributed by atoms with Crippen LogP contribution in [-0.4, -0.2) is 167 Å². The molecule has 4 N–H and O–H groups in total. The van der Waals surface area contributed by atoms with Crippen LogP contribution >= 0.6 is 11.6 Å². The average Bonchev–Trinajstić information content (AvgIpc) is 3.82. The van der Waals surface area contributed by atoms with Gasteiger partial charge in [-0.1, -0.05) is 23.7 Å². The maximum Gasteiger partial charge on any atom is 0.241 e. The molecule has 0 bridgehead atoms. The predicted molar refractivity (Wildman–Crippen MR) is 212 cm³/mol. The van der Waals surface area contributed by atoms with Crippen LogP contribution in [0.15, 0.2) is 42.5 Å². The number of imidazole rings is 2. The number of H-pyrrole nitrogens is 2. The number of carbonyl (C=O) groups is 2. The Balaban J connectivity index is 0.000000164. The number of benzene rings is 2. The molecule has 4 aliphatic rings. The molecule has 53 heavy (non-hydrogen) atoms. The Morgan fingerprint density at radius 3 is 1.60 bits per heavy atom. The first kappa shape index (κ1) is 37.4. The van der Waals surface area contributed by atoms with Gasteiger partial charge < -0.3 is 40.2 Å². The van der Waals surface area contributed by atoms with Crippen molar-refractivity contribution in [3.63, 3.8) is 0 Å². The summed E-state index contributed by atoms with van der Waals surface area (Å²) in [7, 11) is 0. The molecule has 4 fully saturated rings. The lowest BCUT2D eigenvalue weighted by molar-refractivity contribution is -0.135. The molecule has 2 atom stereocenters. The monoisotopic (exact) mass is 746 g/mol. The molecule has 0 unspecified atom stereocenters. The molecule has 4 aliphatic heterocycles. The van der Waals surface area contributed by atoms with Crippen molar-refractivity contribution in [3.8, 4) is 0 Å². The Bertz CT molecular complexity index is 1810. The topological polar surface area (TPSA) is 135 Å². The van der Waals surface area contributed by atoms with E-state index in [9.17, 15) is 9.59 Å². The van der Waals surface area contributed by atoms with Crippen LogP contribution in [0.5, 0.6) is 0 Å². The van der Waals surface area contributed by atoms with Crippen molar-refractivity contribution >= 4 is 57.4 Å². The zero-order valence-corrected chi connectivity index (χ0v) is 32.3. The summed E-state index contributed by atoms with van der Waals surface area (Å²) in [4.78, 5) is 55.0. The highest BCUT2D eigenvalue weighted by Crippen LogP contribution is 2.23. The number of hydrogen-bond donors (Lipinski definition) is 4. The number of halogens is 1. The summed E-state index contributed by atoms with van der Waals surface area (Å²) in [6.07, 6.45) is 0. The van der Waals surface area contributed by atoms with Gasteiger partial charge in [-0.25, -0.2) is 9.97 Å².